The van der Waals surface area contributed by atoms with E-state index < -0.39 is 0 Å². The Morgan fingerprint density at radius 2 is 0.846 bits per heavy atom. The van der Waals surface area contributed by atoms with E-state index >= 15 is 0 Å². The third-order valence-electron chi connectivity index (χ3n) is 3.65. The summed E-state index contributed by atoms with van der Waals surface area (Å²) in [6.07, 6.45) is 13.7. The molecule has 0 aliphatic heterocycles. The van der Waals surface area contributed by atoms with Crippen molar-refractivity contribution in [2.45, 2.75) is 0 Å². The van der Waals surface area contributed by atoms with Gasteiger partial charge < -0.3 is 18.9 Å². The van der Waals surface area contributed by atoms with Crippen LogP contribution < -0.4 is 0 Å². The summed E-state index contributed by atoms with van der Waals surface area (Å²) in [4.78, 5) is 23.8. The van der Waals surface area contributed by atoms with Crippen LogP contribution in [0.2, 0.25) is 0 Å². The van der Waals surface area contributed by atoms with Crippen LogP contribution in [0, 0.1) is 0 Å². The molecule has 0 bridgehead atoms. The standard InChI is InChI=1S/C20H20O6/c1-23-15-9-13(10-16(24-2)19(15)21)7-5-6-8-14-11-17(25-3)20(22)18(12-14)26-4/h5-12H,1-4H3. The van der Waals surface area contributed by atoms with Crippen LogP contribution in [-0.4, -0.2) is 40.0 Å². The summed E-state index contributed by atoms with van der Waals surface area (Å²) in [5.41, 5.74) is 1.51. The van der Waals surface area contributed by atoms with Gasteiger partial charge in [-0.25, -0.2) is 0 Å². The molecule has 0 unspecified atom stereocenters. The number of methoxy groups -OCH3 is 4. The van der Waals surface area contributed by atoms with Crippen LogP contribution in [0.1, 0.15) is 0 Å². The number of hydrogen-bond donors (Lipinski definition) is 0. The van der Waals surface area contributed by atoms with E-state index in [2.05, 4.69) is 0 Å². The van der Waals surface area contributed by atoms with Gasteiger partial charge in [-0.05, 0) is 35.5 Å². The monoisotopic (exact) mass is 356 g/mol. The van der Waals surface area contributed by atoms with Crippen LogP contribution in [0.4, 0.5) is 0 Å². The van der Waals surface area contributed by atoms with E-state index in [9.17, 15) is 9.59 Å². The zero-order chi connectivity index (χ0) is 19.1. The van der Waals surface area contributed by atoms with Crippen molar-refractivity contribution in [2.24, 2.45) is 0 Å². The lowest BCUT2D eigenvalue weighted by molar-refractivity contribution is -0.118. The van der Waals surface area contributed by atoms with Gasteiger partial charge in [0.25, 0.3) is 11.6 Å². The summed E-state index contributed by atoms with van der Waals surface area (Å²) >= 11 is 0. The van der Waals surface area contributed by atoms with Crippen molar-refractivity contribution < 1.29 is 28.5 Å². The van der Waals surface area contributed by atoms with Gasteiger partial charge in [-0.3, -0.25) is 9.59 Å². The fraction of sp³-hybridized carbons (Fsp3) is 0.200. The molecule has 0 heterocycles. The lowest BCUT2D eigenvalue weighted by Gasteiger charge is -2.13. The molecule has 0 atom stereocenters. The number of carbonyl (C=O) groups excluding carboxylic acids is 2. The van der Waals surface area contributed by atoms with Gasteiger partial charge in [0.1, 0.15) is 0 Å². The second-order valence-electron chi connectivity index (χ2n) is 5.23. The lowest BCUT2D eigenvalue weighted by Crippen LogP contribution is -2.13. The molecule has 26 heavy (non-hydrogen) atoms. The normalized spacial score (nSPS) is 17.2. The maximum Gasteiger partial charge on any atom is 0.261 e. The maximum absolute atomic E-state index is 11.9. The number of allylic oxidation sites excluding steroid dienone is 10. The van der Waals surface area contributed by atoms with Gasteiger partial charge in [0, 0.05) is 0 Å². The molecular formula is C20H20O6. The quantitative estimate of drug-likeness (QED) is 0.729. The van der Waals surface area contributed by atoms with E-state index in [0.29, 0.717) is 0 Å². The molecule has 6 nitrogen and oxygen atoms in total. The highest BCUT2D eigenvalue weighted by Gasteiger charge is 2.22. The summed E-state index contributed by atoms with van der Waals surface area (Å²) in [7, 11) is 5.74. The Bertz CT molecular complexity index is 695. The summed E-state index contributed by atoms with van der Waals surface area (Å²) in [6.45, 7) is 0. The number of rotatable bonds is 6. The lowest BCUT2D eigenvalue weighted by atomic mass is 10.0. The Labute approximate surface area is 152 Å². The Kier molecular flexibility index (Phi) is 6.38. The van der Waals surface area contributed by atoms with Crippen molar-refractivity contribution in [2.75, 3.05) is 28.4 Å². The van der Waals surface area contributed by atoms with Gasteiger partial charge in [0.05, 0.1) is 28.4 Å². The highest BCUT2D eigenvalue weighted by molar-refractivity contribution is 6.08. The van der Waals surface area contributed by atoms with E-state index in [0.717, 1.165) is 11.1 Å². The van der Waals surface area contributed by atoms with Gasteiger partial charge >= 0.3 is 0 Å². The Morgan fingerprint density at radius 1 is 0.577 bits per heavy atom. The van der Waals surface area contributed by atoms with Gasteiger partial charge in [0.2, 0.25) is 0 Å². The summed E-state index contributed by atoms with van der Waals surface area (Å²) < 4.78 is 20.3. The second kappa shape index (κ2) is 8.71. The van der Waals surface area contributed by atoms with Crippen LogP contribution in [0.3, 0.4) is 0 Å². The molecular weight excluding hydrogens is 336 g/mol. The third-order valence-corrected chi connectivity index (χ3v) is 3.65. The van der Waals surface area contributed by atoms with Gasteiger partial charge in [0.15, 0.2) is 23.0 Å². The molecule has 2 aliphatic rings. The second-order valence-corrected chi connectivity index (χ2v) is 5.23. The van der Waals surface area contributed by atoms with Crippen molar-refractivity contribution >= 4 is 11.6 Å². The van der Waals surface area contributed by atoms with Gasteiger partial charge in [-0.15, -0.1) is 0 Å². The highest BCUT2D eigenvalue weighted by atomic mass is 16.5. The molecule has 136 valence electrons. The predicted molar refractivity (Wildman–Crippen MR) is 95.7 cm³/mol. The maximum atomic E-state index is 11.9. The van der Waals surface area contributed by atoms with Crippen molar-refractivity contribution in [1.29, 1.82) is 0 Å². The summed E-state index contributed by atoms with van der Waals surface area (Å²) in [6, 6.07) is 0. The van der Waals surface area contributed by atoms with E-state index in [1.807, 2.05) is 0 Å². The van der Waals surface area contributed by atoms with E-state index in [-0.39, 0.29) is 34.6 Å². The smallest absolute Gasteiger partial charge is 0.261 e. The molecule has 2 rings (SSSR count). The minimum atomic E-state index is -0.292. The van der Waals surface area contributed by atoms with Crippen LogP contribution in [0.15, 0.2) is 82.8 Å². The molecule has 0 fully saturated rings. The van der Waals surface area contributed by atoms with Crippen molar-refractivity contribution in [1.82, 2.24) is 0 Å². The van der Waals surface area contributed by atoms with Crippen molar-refractivity contribution in [3.05, 3.63) is 82.8 Å². The average molecular weight is 356 g/mol. The molecule has 0 aromatic carbocycles. The average Bonchev–Trinajstić information content (AvgIpc) is 2.66. The molecule has 0 amide bonds. The Morgan fingerprint density at radius 3 is 1.08 bits per heavy atom. The minimum absolute atomic E-state index is 0.216. The largest absolute Gasteiger partial charge is 0.492 e. The van der Waals surface area contributed by atoms with E-state index in [1.54, 1.807) is 48.6 Å². The Balaban J connectivity index is 2.22. The topological polar surface area (TPSA) is 71.1 Å². The third kappa shape index (κ3) is 4.22. The highest BCUT2D eigenvalue weighted by Crippen LogP contribution is 2.21. The zero-order valence-electron chi connectivity index (χ0n) is 15.1. The minimum Gasteiger partial charge on any atom is -0.492 e. The van der Waals surface area contributed by atoms with Crippen molar-refractivity contribution in [3.8, 4) is 0 Å². The molecule has 6 heteroatoms. The molecule has 0 N–H and O–H groups in total. The Hall–Kier alpha value is -3.28. The van der Waals surface area contributed by atoms with E-state index in [1.165, 1.54) is 28.4 Å². The molecule has 0 saturated carbocycles. The van der Waals surface area contributed by atoms with Crippen molar-refractivity contribution in [3.63, 3.8) is 0 Å². The van der Waals surface area contributed by atoms with E-state index in [4.69, 9.17) is 18.9 Å². The summed E-state index contributed by atoms with van der Waals surface area (Å²) in [5.74, 6) is 0.281. The number of ether oxygens (including phenoxy) is 4. The molecule has 0 spiro atoms. The molecule has 2 aliphatic carbocycles. The fourth-order valence-electron chi connectivity index (χ4n) is 2.33. The first-order valence-electron chi connectivity index (χ1n) is 7.74. The number of hydrogen-bond acceptors (Lipinski definition) is 6. The first-order valence-corrected chi connectivity index (χ1v) is 7.74. The van der Waals surface area contributed by atoms with Crippen LogP contribution in [0.25, 0.3) is 0 Å². The number of ketones is 2. The molecule has 0 aromatic rings. The molecule has 0 radical (unpaired) electrons. The van der Waals surface area contributed by atoms with Gasteiger partial charge in [-0.2, -0.15) is 0 Å². The van der Waals surface area contributed by atoms with Crippen LogP contribution in [0.5, 0.6) is 0 Å². The zero-order valence-corrected chi connectivity index (χ0v) is 15.1. The van der Waals surface area contributed by atoms with Crippen LogP contribution >= 0.6 is 0 Å². The number of carbonyl (C=O) groups is 2. The van der Waals surface area contributed by atoms with Gasteiger partial charge in [-0.1, -0.05) is 24.3 Å². The fourth-order valence-corrected chi connectivity index (χ4v) is 2.33. The number of Topliss-reactive ketones (excluding diaryl/α,β-unsaturated/α-hetero) is 2. The SMILES string of the molecule is COC1=CC(=CC=CC=C2C=C(OC)C(=O)C(OC)=C2)C=C(OC)C1=O. The summed E-state index contributed by atoms with van der Waals surface area (Å²) in [5, 5.41) is 0. The first-order chi connectivity index (χ1) is 12.5. The molecule has 0 saturated heterocycles. The predicted octanol–water partition coefficient (Wildman–Crippen LogP) is 2.68. The van der Waals surface area contributed by atoms with Crippen LogP contribution in [-0.2, 0) is 28.5 Å². The molecule has 0 aromatic heterocycles. The first kappa shape index (κ1) is 19.1.